The number of benzene rings is 2. The Hall–Kier alpha value is -2.95. The highest BCUT2D eigenvalue weighted by molar-refractivity contribution is 6.16. The average molecular weight is 284 g/mol. The number of fused-ring (bicyclic) bond motifs is 2. The molecular formula is C16H12O5. The number of rotatable bonds is 2. The lowest BCUT2D eigenvalue weighted by atomic mass is 9.92. The van der Waals surface area contributed by atoms with Crippen LogP contribution >= 0.6 is 0 Å². The molecule has 4 rings (SSSR count). The van der Waals surface area contributed by atoms with Gasteiger partial charge < -0.3 is 10.2 Å². The van der Waals surface area contributed by atoms with E-state index >= 15 is 0 Å². The standard InChI is InChI=1S/C9H8O4.C7H4O/c1-5-6(8(10)11)3-2-4-7(5)9(12)13;8-7-5-2-1-3-6(7)4-5/h2-4H,1H3,(H,10,11)(H,12,13);1-4H. The van der Waals surface area contributed by atoms with Gasteiger partial charge in [0.05, 0.1) is 11.1 Å². The molecule has 106 valence electrons. The molecule has 0 radical (unpaired) electrons. The van der Waals surface area contributed by atoms with Crippen molar-refractivity contribution in [2.75, 3.05) is 0 Å². The largest absolute Gasteiger partial charge is 0.478 e. The summed E-state index contributed by atoms with van der Waals surface area (Å²) in [6.07, 6.45) is 0. The summed E-state index contributed by atoms with van der Waals surface area (Å²) >= 11 is 0. The lowest BCUT2D eigenvalue weighted by Gasteiger charge is -2.10. The average Bonchev–Trinajstić information content (AvgIpc) is 2.47. The Morgan fingerprint density at radius 1 is 0.857 bits per heavy atom. The molecule has 2 aliphatic carbocycles. The van der Waals surface area contributed by atoms with E-state index in [-0.39, 0.29) is 22.5 Å². The monoisotopic (exact) mass is 284 g/mol. The van der Waals surface area contributed by atoms with Gasteiger partial charge >= 0.3 is 11.9 Å². The van der Waals surface area contributed by atoms with E-state index in [9.17, 15) is 14.4 Å². The van der Waals surface area contributed by atoms with Crippen LogP contribution in [0.1, 0.15) is 42.2 Å². The molecule has 0 saturated heterocycles. The van der Waals surface area contributed by atoms with Gasteiger partial charge in [-0.3, -0.25) is 4.79 Å². The molecule has 0 heterocycles. The third kappa shape index (κ3) is 2.81. The first-order chi connectivity index (χ1) is 9.91. The number of hydrogen-bond acceptors (Lipinski definition) is 3. The van der Waals surface area contributed by atoms with Crippen molar-refractivity contribution in [1.29, 1.82) is 0 Å². The van der Waals surface area contributed by atoms with Gasteiger partial charge in [-0.15, -0.1) is 0 Å². The van der Waals surface area contributed by atoms with Crippen LogP contribution in [0.3, 0.4) is 0 Å². The summed E-state index contributed by atoms with van der Waals surface area (Å²) < 4.78 is 0. The van der Waals surface area contributed by atoms with E-state index in [1.54, 1.807) is 0 Å². The van der Waals surface area contributed by atoms with Gasteiger partial charge in [-0.25, -0.2) is 9.59 Å². The Morgan fingerprint density at radius 3 is 1.57 bits per heavy atom. The minimum atomic E-state index is -1.11. The second-order valence-corrected chi connectivity index (χ2v) is 4.50. The first-order valence-corrected chi connectivity index (χ1v) is 6.12. The van der Waals surface area contributed by atoms with Crippen molar-refractivity contribution in [3.05, 3.63) is 70.3 Å². The highest BCUT2D eigenvalue weighted by atomic mass is 16.4. The summed E-state index contributed by atoms with van der Waals surface area (Å²) in [5.74, 6) is -2.02. The van der Waals surface area contributed by atoms with Crippen molar-refractivity contribution in [1.82, 2.24) is 0 Å². The number of carboxylic acid groups (broad SMARTS) is 2. The van der Waals surface area contributed by atoms with E-state index in [1.165, 1.54) is 25.1 Å². The van der Waals surface area contributed by atoms with Gasteiger partial charge in [0, 0.05) is 11.1 Å². The first kappa shape index (κ1) is 14.5. The van der Waals surface area contributed by atoms with Crippen LogP contribution in [-0.2, 0) is 0 Å². The van der Waals surface area contributed by atoms with E-state index in [4.69, 9.17) is 10.2 Å². The number of ketones is 1. The molecular weight excluding hydrogens is 272 g/mol. The van der Waals surface area contributed by atoms with E-state index in [0.717, 1.165) is 11.1 Å². The van der Waals surface area contributed by atoms with Crippen LogP contribution in [0.15, 0.2) is 42.5 Å². The van der Waals surface area contributed by atoms with Gasteiger partial charge in [0.1, 0.15) is 0 Å². The highest BCUT2D eigenvalue weighted by Crippen LogP contribution is 2.19. The Bertz CT molecular complexity index is 685. The molecule has 0 amide bonds. The summed E-state index contributed by atoms with van der Waals surface area (Å²) in [5, 5.41) is 17.4. The van der Waals surface area contributed by atoms with E-state index < -0.39 is 11.9 Å². The predicted molar refractivity (Wildman–Crippen MR) is 75.0 cm³/mol. The van der Waals surface area contributed by atoms with Crippen LogP contribution in [0.2, 0.25) is 0 Å². The molecule has 0 fully saturated rings. The van der Waals surface area contributed by atoms with Gasteiger partial charge in [0.15, 0.2) is 5.78 Å². The maximum atomic E-state index is 10.7. The molecule has 2 aromatic carbocycles. The Kier molecular flexibility index (Phi) is 3.84. The minimum Gasteiger partial charge on any atom is -0.478 e. The molecule has 0 aromatic heterocycles. The lowest BCUT2D eigenvalue weighted by molar-refractivity contribution is 0.0696. The SMILES string of the molecule is Cc1c(C(=O)O)cccc1C(=O)O.O=C1c2cccc1c2. The maximum Gasteiger partial charge on any atom is 0.335 e. The zero-order valence-electron chi connectivity index (χ0n) is 11.2. The van der Waals surface area contributed by atoms with E-state index in [1.807, 2.05) is 24.3 Å². The Morgan fingerprint density at radius 2 is 1.29 bits per heavy atom. The molecule has 5 nitrogen and oxygen atoms in total. The van der Waals surface area contributed by atoms with Crippen molar-refractivity contribution in [3.8, 4) is 0 Å². The zero-order valence-corrected chi connectivity index (χ0v) is 11.2. The molecule has 0 atom stereocenters. The van der Waals surface area contributed by atoms with Gasteiger partial charge in [0.2, 0.25) is 0 Å². The molecule has 0 aliphatic heterocycles. The predicted octanol–water partition coefficient (Wildman–Crippen LogP) is 2.62. The third-order valence-electron chi connectivity index (χ3n) is 3.18. The second kappa shape index (κ2) is 5.58. The zero-order chi connectivity index (χ0) is 15.6. The van der Waals surface area contributed by atoms with Crippen LogP contribution < -0.4 is 0 Å². The van der Waals surface area contributed by atoms with Crippen LogP contribution in [0.25, 0.3) is 0 Å². The van der Waals surface area contributed by atoms with Gasteiger partial charge in [-0.2, -0.15) is 0 Å². The normalized spacial score (nSPS) is 11.0. The molecule has 2 aliphatic rings. The highest BCUT2D eigenvalue weighted by Gasteiger charge is 2.17. The molecule has 21 heavy (non-hydrogen) atoms. The fourth-order valence-electron chi connectivity index (χ4n) is 1.99. The summed E-state index contributed by atoms with van der Waals surface area (Å²) in [4.78, 5) is 31.9. The van der Waals surface area contributed by atoms with Crippen LogP contribution in [0.5, 0.6) is 0 Å². The summed E-state index contributed by atoms with van der Waals surface area (Å²) in [5.41, 5.74) is 2.03. The van der Waals surface area contributed by atoms with E-state index in [2.05, 4.69) is 0 Å². The topological polar surface area (TPSA) is 91.7 Å². The van der Waals surface area contributed by atoms with Crippen LogP contribution in [-0.4, -0.2) is 27.9 Å². The van der Waals surface area contributed by atoms with Gasteiger partial charge in [0.25, 0.3) is 0 Å². The summed E-state index contributed by atoms with van der Waals surface area (Å²) in [7, 11) is 0. The van der Waals surface area contributed by atoms with Crippen LogP contribution in [0.4, 0.5) is 0 Å². The molecule has 2 N–H and O–H groups in total. The summed E-state index contributed by atoms with van der Waals surface area (Å²) in [6.45, 7) is 1.48. The molecule has 0 spiro atoms. The number of carbonyl (C=O) groups is 3. The van der Waals surface area contributed by atoms with Crippen LogP contribution in [0, 0.1) is 6.92 Å². The molecule has 5 heteroatoms. The fraction of sp³-hybridized carbons (Fsp3) is 0.0625. The number of aromatic carboxylic acids is 2. The van der Waals surface area contributed by atoms with Gasteiger partial charge in [-0.05, 0) is 30.7 Å². The van der Waals surface area contributed by atoms with Crippen molar-refractivity contribution >= 4 is 17.7 Å². The second-order valence-electron chi connectivity index (χ2n) is 4.50. The van der Waals surface area contributed by atoms with Crippen molar-refractivity contribution in [2.24, 2.45) is 0 Å². The Balaban J connectivity index is 0.000000170. The Labute approximate surface area is 120 Å². The molecule has 0 unspecified atom stereocenters. The maximum absolute atomic E-state index is 10.7. The first-order valence-electron chi connectivity index (χ1n) is 6.12. The minimum absolute atomic E-state index is 0.0277. The molecule has 0 saturated carbocycles. The number of hydrogen-bond donors (Lipinski definition) is 2. The van der Waals surface area contributed by atoms with E-state index in [0.29, 0.717) is 0 Å². The lowest BCUT2D eigenvalue weighted by Crippen LogP contribution is -2.10. The fourth-order valence-corrected chi connectivity index (χ4v) is 1.99. The quantitative estimate of drug-likeness (QED) is 0.754. The van der Waals surface area contributed by atoms with Crippen molar-refractivity contribution in [3.63, 3.8) is 0 Å². The molecule has 2 bridgehead atoms. The van der Waals surface area contributed by atoms with Crippen molar-refractivity contribution in [2.45, 2.75) is 6.92 Å². The van der Waals surface area contributed by atoms with Crippen molar-refractivity contribution < 1.29 is 24.6 Å². The summed E-state index contributed by atoms with van der Waals surface area (Å²) in [6, 6.07) is 11.6. The number of carboxylic acids is 2. The smallest absolute Gasteiger partial charge is 0.335 e. The van der Waals surface area contributed by atoms with Gasteiger partial charge in [-0.1, -0.05) is 24.3 Å². The molecule has 2 aromatic rings. The number of carbonyl (C=O) groups excluding carboxylic acids is 1. The third-order valence-corrected chi connectivity index (χ3v) is 3.18.